The van der Waals surface area contributed by atoms with Crippen LogP contribution in [0.3, 0.4) is 0 Å². The van der Waals surface area contributed by atoms with Crippen LogP contribution in [0.5, 0.6) is 5.75 Å². The highest BCUT2D eigenvalue weighted by Gasteiger charge is 2.29. The molecule has 2 aromatic rings. The van der Waals surface area contributed by atoms with Gasteiger partial charge >= 0.3 is 6.03 Å². The highest BCUT2D eigenvalue weighted by Crippen LogP contribution is 2.29. The minimum atomic E-state index is -0.294. The van der Waals surface area contributed by atoms with E-state index in [1.807, 2.05) is 25.7 Å². The standard InChI is InChI=1S/C20H27N5O3S/c1-20(2,3)22-19(27)25-11-5-6-13(12-25)17-23-24-18(29-17)16(26)21-14-7-9-15(28-4)10-8-14/h7-10,13H,5-6,11-12H2,1-4H3,(H,21,26)(H,22,27)/t13-/m1/s1. The quantitative estimate of drug-likeness (QED) is 0.794. The van der Waals surface area contributed by atoms with Crippen molar-refractivity contribution in [2.75, 3.05) is 25.5 Å². The van der Waals surface area contributed by atoms with Crippen LogP contribution < -0.4 is 15.4 Å². The van der Waals surface area contributed by atoms with E-state index in [2.05, 4.69) is 20.8 Å². The molecule has 1 aliphatic rings. The Balaban J connectivity index is 1.62. The number of nitrogens with zero attached hydrogens (tertiary/aromatic N) is 3. The van der Waals surface area contributed by atoms with E-state index in [0.717, 1.165) is 30.1 Å². The maximum atomic E-state index is 12.5. The molecular formula is C20H27N5O3S. The molecule has 156 valence electrons. The summed E-state index contributed by atoms with van der Waals surface area (Å²) < 4.78 is 5.12. The number of rotatable bonds is 4. The second-order valence-electron chi connectivity index (χ2n) is 8.09. The van der Waals surface area contributed by atoms with Crippen molar-refractivity contribution in [2.45, 2.75) is 45.1 Å². The minimum absolute atomic E-state index is 0.0656. The molecule has 8 nitrogen and oxygen atoms in total. The minimum Gasteiger partial charge on any atom is -0.497 e. The first-order valence-electron chi connectivity index (χ1n) is 9.61. The molecule has 1 aliphatic heterocycles. The van der Waals surface area contributed by atoms with Crippen LogP contribution in [-0.2, 0) is 0 Å². The largest absolute Gasteiger partial charge is 0.497 e. The van der Waals surface area contributed by atoms with Gasteiger partial charge in [0.05, 0.1) is 7.11 Å². The molecule has 1 atom stereocenters. The molecular weight excluding hydrogens is 390 g/mol. The van der Waals surface area contributed by atoms with Crippen LogP contribution in [0, 0.1) is 0 Å². The molecule has 0 aliphatic carbocycles. The number of hydrogen-bond donors (Lipinski definition) is 2. The van der Waals surface area contributed by atoms with Gasteiger partial charge in [0.25, 0.3) is 5.91 Å². The number of urea groups is 1. The van der Waals surface area contributed by atoms with Crippen molar-refractivity contribution >= 4 is 29.0 Å². The van der Waals surface area contributed by atoms with Crippen LogP contribution in [0.2, 0.25) is 0 Å². The van der Waals surface area contributed by atoms with Crippen molar-refractivity contribution in [3.8, 4) is 5.75 Å². The third kappa shape index (κ3) is 5.66. The van der Waals surface area contributed by atoms with Gasteiger partial charge < -0.3 is 20.3 Å². The van der Waals surface area contributed by atoms with E-state index in [4.69, 9.17) is 4.74 Å². The topological polar surface area (TPSA) is 96.4 Å². The van der Waals surface area contributed by atoms with Gasteiger partial charge in [-0.25, -0.2) is 4.79 Å². The van der Waals surface area contributed by atoms with Crippen LogP contribution in [0.25, 0.3) is 0 Å². The zero-order chi connectivity index (χ0) is 21.0. The summed E-state index contributed by atoms with van der Waals surface area (Å²) in [5.74, 6) is 0.519. The summed E-state index contributed by atoms with van der Waals surface area (Å²) >= 11 is 1.28. The van der Waals surface area contributed by atoms with Crippen molar-refractivity contribution in [1.29, 1.82) is 0 Å². The summed E-state index contributed by atoms with van der Waals surface area (Å²) in [6, 6.07) is 7.03. The van der Waals surface area contributed by atoms with Gasteiger partial charge in [-0.15, -0.1) is 10.2 Å². The van der Waals surface area contributed by atoms with E-state index in [-0.39, 0.29) is 23.4 Å². The highest BCUT2D eigenvalue weighted by atomic mass is 32.1. The van der Waals surface area contributed by atoms with Crippen LogP contribution >= 0.6 is 11.3 Å². The third-order valence-corrected chi connectivity index (χ3v) is 5.61. The molecule has 1 aromatic carbocycles. The van der Waals surface area contributed by atoms with Gasteiger partial charge in [0, 0.05) is 30.2 Å². The maximum Gasteiger partial charge on any atom is 0.317 e. The molecule has 1 saturated heterocycles. The number of piperidine rings is 1. The molecule has 3 rings (SSSR count). The second kappa shape index (κ2) is 8.77. The zero-order valence-electron chi connectivity index (χ0n) is 17.2. The zero-order valence-corrected chi connectivity index (χ0v) is 18.0. The molecule has 9 heteroatoms. The van der Waals surface area contributed by atoms with Gasteiger partial charge in [-0.2, -0.15) is 0 Å². The first-order chi connectivity index (χ1) is 13.7. The van der Waals surface area contributed by atoms with Crippen molar-refractivity contribution in [2.24, 2.45) is 0 Å². The van der Waals surface area contributed by atoms with E-state index in [1.54, 1.807) is 31.4 Å². The number of anilines is 1. The van der Waals surface area contributed by atoms with E-state index in [1.165, 1.54) is 11.3 Å². The number of ether oxygens (including phenoxy) is 1. The number of methoxy groups -OCH3 is 1. The Kier molecular flexibility index (Phi) is 6.36. The van der Waals surface area contributed by atoms with Crippen LogP contribution in [0.4, 0.5) is 10.5 Å². The molecule has 0 radical (unpaired) electrons. The SMILES string of the molecule is COc1ccc(NC(=O)c2nnc([C@@H]3CCCN(C(=O)NC(C)(C)C)C3)s2)cc1. The fraction of sp³-hybridized carbons (Fsp3) is 0.500. The Labute approximate surface area is 174 Å². The molecule has 0 saturated carbocycles. The summed E-state index contributed by atoms with van der Waals surface area (Å²) in [6.45, 7) is 7.19. The monoisotopic (exact) mass is 417 g/mol. The van der Waals surface area contributed by atoms with Gasteiger partial charge in [0.2, 0.25) is 5.01 Å². The molecule has 3 amide bonds. The van der Waals surface area contributed by atoms with Gasteiger partial charge in [0.15, 0.2) is 0 Å². The Morgan fingerprint density at radius 1 is 1.21 bits per heavy atom. The third-order valence-electron chi connectivity index (χ3n) is 4.52. The number of amides is 3. The van der Waals surface area contributed by atoms with Crippen LogP contribution in [0.1, 0.15) is 54.3 Å². The molecule has 0 bridgehead atoms. The van der Waals surface area contributed by atoms with E-state index in [0.29, 0.717) is 17.2 Å². The number of carbonyl (C=O) groups is 2. The lowest BCUT2D eigenvalue weighted by molar-refractivity contribution is 0.102. The van der Waals surface area contributed by atoms with Gasteiger partial charge in [-0.1, -0.05) is 11.3 Å². The molecule has 1 fully saturated rings. The summed E-state index contributed by atoms with van der Waals surface area (Å²) in [5, 5.41) is 15.2. The Morgan fingerprint density at radius 2 is 1.93 bits per heavy atom. The normalized spacial score (nSPS) is 17.0. The van der Waals surface area contributed by atoms with E-state index >= 15 is 0 Å². The lowest BCUT2D eigenvalue weighted by Crippen LogP contribution is -2.51. The summed E-state index contributed by atoms with van der Waals surface area (Å²) in [6.07, 6.45) is 1.82. The average Bonchev–Trinajstić information content (AvgIpc) is 3.18. The fourth-order valence-electron chi connectivity index (χ4n) is 3.11. The average molecular weight is 418 g/mol. The predicted octanol–water partition coefficient (Wildman–Crippen LogP) is 3.49. The molecule has 2 heterocycles. The number of carbonyl (C=O) groups excluding carboxylic acids is 2. The van der Waals surface area contributed by atoms with Gasteiger partial charge in [0.1, 0.15) is 10.8 Å². The molecule has 29 heavy (non-hydrogen) atoms. The van der Waals surface area contributed by atoms with Crippen molar-refractivity contribution in [3.63, 3.8) is 0 Å². The summed E-state index contributed by atoms with van der Waals surface area (Å²) in [5.41, 5.74) is 0.384. The predicted molar refractivity (Wildman–Crippen MR) is 113 cm³/mol. The lowest BCUT2D eigenvalue weighted by Gasteiger charge is -2.34. The Hall–Kier alpha value is -2.68. The Bertz CT molecular complexity index is 860. The fourth-order valence-corrected chi connectivity index (χ4v) is 3.98. The van der Waals surface area contributed by atoms with Crippen LogP contribution in [0.15, 0.2) is 24.3 Å². The van der Waals surface area contributed by atoms with Crippen LogP contribution in [-0.4, -0.2) is 52.8 Å². The number of nitrogens with one attached hydrogen (secondary N) is 2. The Morgan fingerprint density at radius 3 is 2.59 bits per heavy atom. The summed E-state index contributed by atoms with van der Waals surface area (Å²) in [4.78, 5) is 26.8. The van der Waals surface area contributed by atoms with Gasteiger partial charge in [-0.05, 0) is 57.9 Å². The maximum absolute atomic E-state index is 12.5. The number of likely N-dealkylation sites (tertiary alicyclic amines) is 1. The van der Waals surface area contributed by atoms with Gasteiger partial charge in [-0.3, -0.25) is 4.79 Å². The number of aromatic nitrogens is 2. The highest BCUT2D eigenvalue weighted by molar-refractivity contribution is 7.13. The summed E-state index contributed by atoms with van der Waals surface area (Å²) in [7, 11) is 1.59. The number of hydrogen-bond acceptors (Lipinski definition) is 6. The number of benzene rings is 1. The first-order valence-corrected chi connectivity index (χ1v) is 10.4. The van der Waals surface area contributed by atoms with Crippen molar-refractivity contribution < 1.29 is 14.3 Å². The second-order valence-corrected chi connectivity index (χ2v) is 9.10. The molecule has 0 unspecified atom stereocenters. The molecule has 0 spiro atoms. The molecule has 2 N–H and O–H groups in total. The smallest absolute Gasteiger partial charge is 0.317 e. The van der Waals surface area contributed by atoms with E-state index < -0.39 is 0 Å². The van der Waals surface area contributed by atoms with E-state index in [9.17, 15) is 9.59 Å². The van der Waals surface area contributed by atoms with Crippen molar-refractivity contribution in [1.82, 2.24) is 20.4 Å². The molecule has 1 aromatic heterocycles. The van der Waals surface area contributed by atoms with Crippen molar-refractivity contribution in [3.05, 3.63) is 34.3 Å². The lowest BCUT2D eigenvalue weighted by atomic mass is 9.99. The first kappa shape index (κ1) is 21.0.